The molecule has 0 bridgehead atoms. The predicted molar refractivity (Wildman–Crippen MR) is 78.2 cm³/mol. The Labute approximate surface area is 115 Å². The van der Waals surface area contributed by atoms with E-state index in [0.29, 0.717) is 5.56 Å². The Morgan fingerprint density at radius 3 is 2.84 bits per heavy atom. The summed E-state index contributed by atoms with van der Waals surface area (Å²) in [6.45, 7) is 5.09. The lowest BCUT2D eigenvalue weighted by Gasteiger charge is -2.05. The van der Waals surface area contributed by atoms with Gasteiger partial charge < -0.3 is 4.57 Å². The molecule has 0 aliphatic carbocycles. The summed E-state index contributed by atoms with van der Waals surface area (Å²) in [4.78, 5) is 4.71. The van der Waals surface area contributed by atoms with Crippen LogP contribution < -0.4 is 0 Å². The molecule has 0 N–H and O–H groups in total. The van der Waals surface area contributed by atoms with Crippen molar-refractivity contribution < 1.29 is 0 Å². The van der Waals surface area contributed by atoms with Crippen molar-refractivity contribution >= 4 is 22.4 Å². The smallest absolute Gasteiger partial charge is 0.142 e. The second-order valence-electron chi connectivity index (χ2n) is 4.46. The number of nitrogens with zero attached hydrogens (tertiary/aromatic N) is 3. The number of fused-ring (bicyclic) bond motifs is 1. The van der Waals surface area contributed by atoms with Crippen molar-refractivity contribution in [2.75, 3.05) is 0 Å². The fourth-order valence-electron chi connectivity index (χ4n) is 2.31. The molecular formula is C15H13N3S. The van der Waals surface area contributed by atoms with Crippen LogP contribution in [0.1, 0.15) is 18.1 Å². The Bertz CT molecular complexity index is 789. The van der Waals surface area contributed by atoms with Gasteiger partial charge in [-0.3, -0.25) is 0 Å². The lowest BCUT2D eigenvalue weighted by atomic mass is 10.2. The zero-order valence-electron chi connectivity index (χ0n) is 10.8. The zero-order valence-corrected chi connectivity index (χ0v) is 11.7. The van der Waals surface area contributed by atoms with Crippen LogP contribution in [0, 0.1) is 18.3 Å². The maximum atomic E-state index is 8.98. The van der Waals surface area contributed by atoms with E-state index in [1.807, 2.05) is 18.2 Å². The first-order valence-electron chi connectivity index (χ1n) is 6.18. The SMILES string of the molecule is CCn1c(-c2cscc2C)nc2cc(C#N)ccc21. The fraction of sp³-hybridized carbons (Fsp3) is 0.200. The first kappa shape index (κ1) is 11.9. The minimum Gasteiger partial charge on any atom is -0.324 e. The summed E-state index contributed by atoms with van der Waals surface area (Å²) < 4.78 is 2.20. The molecule has 2 heterocycles. The van der Waals surface area contributed by atoms with Gasteiger partial charge in [0.1, 0.15) is 5.82 Å². The lowest BCUT2D eigenvalue weighted by Crippen LogP contribution is -1.97. The van der Waals surface area contributed by atoms with Gasteiger partial charge in [-0.25, -0.2) is 4.98 Å². The second-order valence-corrected chi connectivity index (χ2v) is 5.21. The van der Waals surface area contributed by atoms with Crippen molar-refractivity contribution in [2.24, 2.45) is 0 Å². The number of hydrogen-bond donors (Lipinski definition) is 0. The number of aryl methyl sites for hydroxylation is 2. The summed E-state index contributed by atoms with van der Waals surface area (Å²) >= 11 is 1.69. The van der Waals surface area contributed by atoms with Gasteiger partial charge in [-0.05, 0) is 43.0 Å². The lowest BCUT2D eigenvalue weighted by molar-refractivity contribution is 0.796. The first-order chi connectivity index (χ1) is 9.24. The molecule has 1 aromatic carbocycles. The van der Waals surface area contributed by atoms with Crippen LogP contribution >= 0.6 is 11.3 Å². The molecule has 4 heteroatoms. The predicted octanol–water partition coefficient (Wildman–Crippen LogP) is 3.96. The Hall–Kier alpha value is -2.12. The molecule has 2 aromatic heterocycles. The fourth-order valence-corrected chi connectivity index (χ4v) is 3.14. The molecule has 3 nitrogen and oxygen atoms in total. The average molecular weight is 267 g/mol. The minimum atomic E-state index is 0.654. The summed E-state index contributed by atoms with van der Waals surface area (Å²) in [6.07, 6.45) is 0. The molecule has 0 aliphatic rings. The quantitative estimate of drug-likeness (QED) is 0.705. The van der Waals surface area contributed by atoms with E-state index in [1.165, 1.54) is 11.1 Å². The van der Waals surface area contributed by atoms with E-state index in [0.717, 1.165) is 23.4 Å². The maximum Gasteiger partial charge on any atom is 0.142 e. The van der Waals surface area contributed by atoms with Crippen molar-refractivity contribution in [2.45, 2.75) is 20.4 Å². The molecule has 0 fully saturated rings. The van der Waals surface area contributed by atoms with E-state index < -0.39 is 0 Å². The van der Waals surface area contributed by atoms with Crippen LogP contribution in [0.2, 0.25) is 0 Å². The average Bonchev–Trinajstić information content (AvgIpc) is 3.00. The number of imidazole rings is 1. The van der Waals surface area contributed by atoms with Crippen LogP contribution in [0.25, 0.3) is 22.4 Å². The number of thiophene rings is 1. The van der Waals surface area contributed by atoms with Gasteiger partial charge in [0.15, 0.2) is 0 Å². The van der Waals surface area contributed by atoms with Crippen molar-refractivity contribution in [3.05, 3.63) is 40.1 Å². The second kappa shape index (κ2) is 4.52. The molecule has 0 radical (unpaired) electrons. The molecular weight excluding hydrogens is 254 g/mol. The van der Waals surface area contributed by atoms with Crippen molar-refractivity contribution in [3.63, 3.8) is 0 Å². The molecule has 0 saturated heterocycles. The molecule has 19 heavy (non-hydrogen) atoms. The van der Waals surface area contributed by atoms with Gasteiger partial charge in [0.25, 0.3) is 0 Å². The highest BCUT2D eigenvalue weighted by atomic mass is 32.1. The number of hydrogen-bond acceptors (Lipinski definition) is 3. The van der Waals surface area contributed by atoms with Crippen molar-refractivity contribution in [1.29, 1.82) is 5.26 Å². The Kier molecular flexibility index (Phi) is 2.84. The molecule has 3 rings (SSSR count). The van der Waals surface area contributed by atoms with Crippen LogP contribution in [-0.4, -0.2) is 9.55 Å². The standard InChI is InChI=1S/C15H13N3S/c1-3-18-14-5-4-11(7-16)6-13(14)17-15(18)12-9-19-8-10(12)2/h4-6,8-9H,3H2,1-2H3. The summed E-state index contributed by atoms with van der Waals surface area (Å²) in [5.41, 5.74) is 5.06. The van der Waals surface area contributed by atoms with Gasteiger partial charge in [0, 0.05) is 17.5 Å². The third-order valence-corrected chi connectivity index (χ3v) is 4.15. The van der Waals surface area contributed by atoms with Crippen LogP contribution in [0.3, 0.4) is 0 Å². The highest BCUT2D eigenvalue weighted by molar-refractivity contribution is 7.08. The van der Waals surface area contributed by atoms with E-state index in [4.69, 9.17) is 10.2 Å². The van der Waals surface area contributed by atoms with E-state index in [2.05, 4.69) is 35.2 Å². The molecule has 94 valence electrons. The van der Waals surface area contributed by atoms with Gasteiger partial charge in [-0.2, -0.15) is 16.6 Å². The number of rotatable bonds is 2. The van der Waals surface area contributed by atoms with Gasteiger partial charge in [0.05, 0.1) is 22.7 Å². The first-order valence-corrected chi connectivity index (χ1v) is 7.12. The van der Waals surface area contributed by atoms with Gasteiger partial charge in [0.2, 0.25) is 0 Å². The molecule has 0 spiro atoms. The molecule has 3 aromatic rings. The largest absolute Gasteiger partial charge is 0.324 e. The number of benzene rings is 1. The van der Waals surface area contributed by atoms with E-state index in [1.54, 1.807) is 11.3 Å². The normalized spacial score (nSPS) is 10.8. The Morgan fingerprint density at radius 2 is 2.21 bits per heavy atom. The van der Waals surface area contributed by atoms with Crippen LogP contribution in [0.4, 0.5) is 0 Å². The molecule has 0 atom stereocenters. The van der Waals surface area contributed by atoms with Crippen LogP contribution in [0.15, 0.2) is 29.0 Å². The minimum absolute atomic E-state index is 0.654. The Morgan fingerprint density at radius 1 is 1.37 bits per heavy atom. The van der Waals surface area contributed by atoms with E-state index >= 15 is 0 Å². The third-order valence-electron chi connectivity index (χ3n) is 3.29. The molecule has 0 aliphatic heterocycles. The van der Waals surface area contributed by atoms with Gasteiger partial charge in [-0.1, -0.05) is 0 Å². The highest BCUT2D eigenvalue weighted by Crippen LogP contribution is 2.29. The van der Waals surface area contributed by atoms with Crippen LogP contribution in [-0.2, 0) is 6.54 Å². The van der Waals surface area contributed by atoms with E-state index in [-0.39, 0.29) is 0 Å². The topological polar surface area (TPSA) is 41.6 Å². The monoisotopic (exact) mass is 267 g/mol. The number of nitriles is 1. The summed E-state index contributed by atoms with van der Waals surface area (Å²) in [5.74, 6) is 0.992. The Balaban J connectivity index is 2.31. The van der Waals surface area contributed by atoms with Crippen molar-refractivity contribution in [1.82, 2.24) is 9.55 Å². The third kappa shape index (κ3) is 1.83. The van der Waals surface area contributed by atoms with Gasteiger partial charge >= 0.3 is 0 Å². The summed E-state index contributed by atoms with van der Waals surface area (Å²) in [7, 11) is 0. The summed E-state index contributed by atoms with van der Waals surface area (Å²) in [5, 5.41) is 13.2. The summed E-state index contributed by atoms with van der Waals surface area (Å²) in [6, 6.07) is 7.85. The molecule has 0 saturated carbocycles. The molecule has 0 unspecified atom stereocenters. The van der Waals surface area contributed by atoms with Crippen LogP contribution in [0.5, 0.6) is 0 Å². The maximum absolute atomic E-state index is 8.98. The molecule has 0 amide bonds. The van der Waals surface area contributed by atoms with E-state index in [9.17, 15) is 0 Å². The number of aromatic nitrogens is 2. The zero-order chi connectivity index (χ0) is 13.4. The van der Waals surface area contributed by atoms with Crippen molar-refractivity contribution in [3.8, 4) is 17.5 Å². The van der Waals surface area contributed by atoms with Gasteiger partial charge in [-0.15, -0.1) is 0 Å². The highest BCUT2D eigenvalue weighted by Gasteiger charge is 2.14.